The van der Waals surface area contributed by atoms with Gasteiger partial charge in [0.25, 0.3) is 5.89 Å². The van der Waals surface area contributed by atoms with E-state index in [2.05, 4.69) is 26.5 Å². The Labute approximate surface area is 134 Å². The molecule has 0 fully saturated rings. The van der Waals surface area contributed by atoms with Crippen LogP contribution in [0.5, 0.6) is 0 Å². The molecule has 0 saturated carbocycles. The molecule has 2 N–H and O–H groups in total. The lowest BCUT2D eigenvalue weighted by molar-refractivity contribution is 0.427. The molecule has 1 aliphatic rings. The molecule has 1 aromatic carbocycles. The van der Waals surface area contributed by atoms with Gasteiger partial charge in [0.2, 0.25) is 5.82 Å². The smallest absolute Gasteiger partial charge is 0.282 e. The Hall–Kier alpha value is -2.68. The van der Waals surface area contributed by atoms with Crippen LogP contribution in [0, 0.1) is 5.82 Å². The van der Waals surface area contributed by atoms with E-state index < -0.39 is 0 Å². The second-order valence-corrected chi connectivity index (χ2v) is 5.98. The Bertz CT molecular complexity index is 902. The van der Waals surface area contributed by atoms with E-state index in [1.165, 1.54) is 16.8 Å². The van der Waals surface area contributed by atoms with Crippen molar-refractivity contribution in [3.63, 3.8) is 0 Å². The van der Waals surface area contributed by atoms with E-state index in [0.717, 1.165) is 17.1 Å². The van der Waals surface area contributed by atoms with Crippen LogP contribution in [0.2, 0.25) is 0 Å². The Balaban J connectivity index is 1.71. The van der Waals surface area contributed by atoms with E-state index in [9.17, 15) is 4.39 Å². The zero-order valence-corrected chi connectivity index (χ0v) is 12.6. The second-order valence-electron chi connectivity index (χ2n) is 4.84. The van der Waals surface area contributed by atoms with Crippen molar-refractivity contribution in [1.29, 1.82) is 0 Å². The summed E-state index contributed by atoms with van der Waals surface area (Å²) in [5.41, 5.74) is 6.79. The molecular weight excluding hydrogens is 319 g/mol. The molecule has 3 aromatic rings. The lowest BCUT2D eigenvalue weighted by atomic mass is 10.3. The summed E-state index contributed by atoms with van der Waals surface area (Å²) in [6.45, 7) is 0. The fourth-order valence-electron chi connectivity index (χ4n) is 2.23. The fraction of sp³-hybridized carbons (Fsp3) is 0.143. The number of hydrogen-bond acceptors (Lipinski definition) is 7. The predicted molar refractivity (Wildman–Crippen MR) is 84.1 cm³/mol. The normalized spacial score (nSPS) is 14.2. The summed E-state index contributed by atoms with van der Waals surface area (Å²) in [5.74, 6) is 1.54. The van der Waals surface area contributed by atoms with E-state index in [1.807, 2.05) is 0 Å². The summed E-state index contributed by atoms with van der Waals surface area (Å²) >= 11 is 1.67. The van der Waals surface area contributed by atoms with Gasteiger partial charge in [0.05, 0.1) is 10.6 Å². The molecule has 0 bridgehead atoms. The zero-order valence-electron chi connectivity index (χ0n) is 11.8. The Morgan fingerprint density at radius 3 is 3.04 bits per heavy atom. The van der Waals surface area contributed by atoms with Crippen molar-refractivity contribution in [2.75, 3.05) is 11.5 Å². The van der Waals surface area contributed by atoms with E-state index in [0.29, 0.717) is 11.5 Å². The third kappa shape index (κ3) is 2.48. The third-order valence-electron chi connectivity index (χ3n) is 3.31. The van der Waals surface area contributed by atoms with Crippen molar-refractivity contribution in [3.8, 4) is 17.3 Å². The highest BCUT2D eigenvalue weighted by atomic mass is 32.2. The highest BCUT2D eigenvalue weighted by Gasteiger charge is 2.21. The van der Waals surface area contributed by atoms with Gasteiger partial charge in [-0.15, -0.1) is 16.9 Å². The van der Waals surface area contributed by atoms with Crippen molar-refractivity contribution < 1.29 is 8.91 Å². The second kappa shape index (κ2) is 5.51. The average molecular weight is 330 g/mol. The molecule has 7 nitrogen and oxygen atoms in total. The molecule has 0 radical (unpaired) electrons. The van der Waals surface area contributed by atoms with Crippen molar-refractivity contribution in [1.82, 2.24) is 25.1 Å². The quantitative estimate of drug-likeness (QED) is 0.788. The average Bonchev–Trinajstić information content (AvgIpc) is 3.27. The molecule has 0 atom stereocenters. The standard InChI is InChI=1S/C14H11FN6OS/c15-8-3-1-4-9(7-8)21-12(16)11(18-20-21)14-17-13(19-22-14)10-5-2-6-23-10/h1,3-5,7H,2,6,16H2. The van der Waals surface area contributed by atoms with Crippen LogP contribution in [0.1, 0.15) is 12.2 Å². The number of anilines is 1. The summed E-state index contributed by atoms with van der Waals surface area (Å²) in [5, 5.41) is 11.9. The Morgan fingerprint density at radius 1 is 1.35 bits per heavy atom. The maximum Gasteiger partial charge on any atom is 0.282 e. The van der Waals surface area contributed by atoms with Gasteiger partial charge in [0.15, 0.2) is 11.5 Å². The maximum atomic E-state index is 13.3. The molecular formula is C14H11FN6OS. The van der Waals surface area contributed by atoms with Crippen LogP contribution in [0.15, 0.2) is 34.9 Å². The van der Waals surface area contributed by atoms with E-state index >= 15 is 0 Å². The Kier molecular flexibility index (Phi) is 3.34. The first-order chi connectivity index (χ1) is 11.2. The molecule has 0 amide bonds. The van der Waals surface area contributed by atoms with Crippen molar-refractivity contribution in [3.05, 3.63) is 42.0 Å². The minimum atomic E-state index is -0.385. The van der Waals surface area contributed by atoms with Gasteiger partial charge in [0.1, 0.15) is 5.82 Å². The van der Waals surface area contributed by atoms with Crippen molar-refractivity contribution in [2.24, 2.45) is 0 Å². The van der Waals surface area contributed by atoms with Crippen LogP contribution < -0.4 is 5.73 Å². The molecule has 116 valence electrons. The number of nitrogens with zero attached hydrogens (tertiary/aromatic N) is 5. The van der Waals surface area contributed by atoms with Gasteiger partial charge in [-0.2, -0.15) is 9.67 Å². The van der Waals surface area contributed by atoms with Gasteiger partial charge in [-0.25, -0.2) is 4.39 Å². The first kappa shape index (κ1) is 13.9. The summed E-state index contributed by atoms with van der Waals surface area (Å²) < 4.78 is 19.9. The van der Waals surface area contributed by atoms with Gasteiger partial charge >= 0.3 is 0 Å². The number of aromatic nitrogens is 5. The van der Waals surface area contributed by atoms with Crippen molar-refractivity contribution in [2.45, 2.75) is 6.42 Å². The topological polar surface area (TPSA) is 95.7 Å². The number of hydrogen-bond donors (Lipinski definition) is 1. The molecule has 4 rings (SSSR count). The minimum absolute atomic E-state index is 0.188. The van der Waals surface area contributed by atoms with Gasteiger partial charge in [-0.05, 0) is 24.6 Å². The van der Waals surface area contributed by atoms with Gasteiger partial charge in [-0.3, -0.25) is 0 Å². The number of rotatable bonds is 3. The van der Waals surface area contributed by atoms with Crippen molar-refractivity contribution >= 4 is 22.5 Å². The highest BCUT2D eigenvalue weighted by Crippen LogP contribution is 2.33. The van der Waals surface area contributed by atoms with E-state index in [-0.39, 0.29) is 23.2 Å². The molecule has 0 spiro atoms. The summed E-state index contributed by atoms with van der Waals surface area (Å²) in [4.78, 5) is 5.29. The lowest BCUT2D eigenvalue weighted by Crippen LogP contribution is -2.02. The van der Waals surface area contributed by atoms with E-state index in [1.54, 1.807) is 23.9 Å². The van der Waals surface area contributed by atoms with Crippen LogP contribution in [-0.2, 0) is 0 Å². The first-order valence-corrected chi connectivity index (χ1v) is 7.85. The molecule has 2 aromatic heterocycles. The third-order valence-corrected chi connectivity index (χ3v) is 4.41. The fourth-order valence-corrected chi connectivity index (χ4v) is 3.14. The van der Waals surface area contributed by atoms with Crippen LogP contribution in [0.25, 0.3) is 22.2 Å². The number of nitrogens with two attached hydrogens (primary N) is 1. The van der Waals surface area contributed by atoms with Gasteiger partial charge in [-0.1, -0.05) is 22.5 Å². The number of nitrogen functional groups attached to an aromatic ring is 1. The van der Waals surface area contributed by atoms with Gasteiger partial charge in [0, 0.05) is 5.75 Å². The summed E-state index contributed by atoms with van der Waals surface area (Å²) in [7, 11) is 0. The van der Waals surface area contributed by atoms with Gasteiger partial charge < -0.3 is 10.3 Å². The number of thioether (sulfide) groups is 1. The lowest BCUT2D eigenvalue weighted by Gasteiger charge is -2.02. The SMILES string of the molecule is Nc1c(-c2nc(C3=CCCS3)no2)nnn1-c1cccc(F)c1. The van der Waals surface area contributed by atoms with Crippen LogP contribution in [0.3, 0.4) is 0 Å². The number of allylic oxidation sites excluding steroid dienone is 1. The number of halogens is 1. The molecule has 1 aliphatic heterocycles. The molecule has 0 unspecified atom stereocenters. The van der Waals surface area contributed by atoms with E-state index in [4.69, 9.17) is 10.3 Å². The maximum absolute atomic E-state index is 13.3. The minimum Gasteiger partial charge on any atom is -0.382 e. The predicted octanol–water partition coefficient (Wildman–Crippen LogP) is 2.52. The van der Waals surface area contributed by atoms with Crippen LogP contribution >= 0.6 is 11.8 Å². The van der Waals surface area contributed by atoms with Crippen LogP contribution in [0.4, 0.5) is 10.2 Å². The van der Waals surface area contributed by atoms with Crippen LogP contribution in [-0.4, -0.2) is 30.9 Å². The molecule has 9 heteroatoms. The Morgan fingerprint density at radius 2 is 2.26 bits per heavy atom. The molecule has 0 aliphatic carbocycles. The number of benzene rings is 1. The monoisotopic (exact) mass is 330 g/mol. The molecule has 3 heterocycles. The zero-order chi connectivity index (χ0) is 15.8. The highest BCUT2D eigenvalue weighted by molar-refractivity contribution is 8.08. The largest absolute Gasteiger partial charge is 0.382 e. The summed E-state index contributed by atoms with van der Waals surface area (Å²) in [6, 6.07) is 5.90. The first-order valence-electron chi connectivity index (χ1n) is 6.87. The molecule has 0 saturated heterocycles. The summed E-state index contributed by atoms with van der Waals surface area (Å²) in [6.07, 6.45) is 3.05. The molecule has 23 heavy (non-hydrogen) atoms.